The molecule has 3 aromatic rings. The first-order valence-corrected chi connectivity index (χ1v) is 9.95. The number of nitrogens with zero attached hydrogens (tertiary/aromatic N) is 2. The second-order valence-corrected chi connectivity index (χ2v) is 6.69. The Hall–Kier alpha value is -3.00. The van der Waals surface area contributed by atoms with E-state index in [1.54, 1.807) is 24.7 Å². The van der Waals surface area contributed by atoms with Crippen LogP contribution in [0.15, 0.2) is 51.4 Å². The maximum atomic E-state index is 5.56. The summed E-state index contributed by atoms with van der Waals surface area (Å²) in [5, 5.41) is 8.49. The van der Waals surface area contributed by atoms with Gasteiger partial charge in [0, 0.05) is 18.3 Å². The van der Waals surface area contributed by atoms with Crippen LogP contribution in [0.2, 0.25) is 0 Å². The summed E-state index contributed by atoms with van der Waals surface area (Å²) in [7, 11) is 1.62. The Bertz CT molecular complexity index is 906. The second-order valence-electron chi connectivity index (χ2n) is 5.74. The summed E-state index contributed by atoms with van der Waals surface area (Å²) < 4.78 is 16.5. The van der Waals surface area contributed by atoms with Crippen LogP contribution in [-0.2, 0) is 6.54 Å². The third-order valence-corrected chi connectivity index (χ3v) is 4.61. The van der Waals surface area contributed by atoms with E-state index in [2.05, 4.69) is 20.6 Å². The number of aromatic nitrogens is 1. The Morgan fingerprint density at radius 3 is 2.86 bits per heavy atom. The Balaban J connectivity index is 1.71. The topological polar surface area (TPSA) is 80.9 Å². The van der Waals surface area contributed by atoms with Gasteiger partial charge < -0.3 is 24.5 Å². The van der Waals surface area contributed by atoms with Crippen molar-refractivity contribution in [2.75, 3.05) is 25.6 Å². The van der Waals surface area contributed by atoms with Crippen molar-refractivity contribution in [1.82, 2.24) is 10.3 Å². The molecule has 3 rings (SSSR count). The summed E-state index contributed by atoms with van der Waals surface area (Å²) in [6, 6.07) is 9.63. The number of ether oxygens (including phenoxy) is 2. The molecule has 0 fully saturated rings. The molecule has 0 saturated carbocycles. The SMILES string of the molecule is CCNC(=NCc1coc(-c2cccs2)n1)Nc1ccc(OCC)c(OC)c1. The van der Waals surface area contributed by atoms with Crippen LogP contribution in [0, 0.1) is 0 Å². The fourth-order valence-electron chi connectivity index (χ4n) is 2.52. The molecule has 0 unspecified atom stereocenters. The van der Waals surface area contributed by atoms with Crippen LogP contribution < -0.4 is 20.1 Å². The van der Waals surface area contributed by atoms with Crippen LogP contribution in [0.1, 0.15) is 19.5 Å². The van der Waals surface area contributed by atoms with Crippen LogP contribution in [0.3, 0.4) is 0 Å². The van der Waals surface area contributed by atoms with Crippen molar-refractivity contribution in [3.05, 3.63) is 47.7 Å². The van der Waals surface area contributed by atoms with E-state index in [4.69, 9.17) is 13.9 Å². The summed E-state index contributed by atoms with van der Waals surface area (Å²) in [6.07, 6.45) is 1.64. The van der Waals surface area contributed by atoms with Crippen molar-refractivity contribution in [2.45, 2.75) is 20.4 Å². The number of guanidine groups is 1. The zero-order valence-electron chi connectivity index (χ0n) is 16.2. The van der Waals surface area contributed by atoms with E-state index in [-0.39, 0.29) is 0 Å². The van der Waals surface area contributed by atoms with Crippen molar-refractivity contribution >= 4 is 23.0 Å². The normalized spacial score (nSPS) is 11.3. The molecule has 2 heterocycles. The van der Waals surface area contributed by atoms with Gasteiger partial charge in [0.2, 0.25) is 5.89 Å². The number of hydrogen-bond donors (Lipinski definition) is 2. The zero-order valence-corrected chi connectivity index (χ0v) is 17.0. The summed E-state index contributed by atoms with van der Waals surface area (Å²) in [5.74, 6) is 2.64. The van der Waals surface area contributed by atoms with Crippen molar-refractivity contribution < 1.29 is 13.9 Å². The third-order valence-electron chi connectivity index (χ3n) is 3.75. The molecule has 148 valence electrons. The highest BCUT2D eigenvalue weighted by molar-refractivity contribution is 7.13. The number of rotatable bonds is 8. The number of benzene rings is 1. The molecule has 0 bridgehead atoms. The molecule has 1 aromatic carbocycles. The minimum atomic E-state index is 0.401. The van der Waals surface area contributed by atoms with Crippen LogP contribution in [0.25, 0.3) is 10.8 Å². The molecule has 7 nitrogen and oxygen atoms in total. The van der Waals surface area contributed by atoms with E-state index in [9.17, 15) is 0 Å². The first-order chi connectivity index (χ1) is 13.7. The lowest BCUT2D eigenvalue weighted by Gasteiger charge is -2.14. The van der Waals surface area contributed by atoms with Crippen LogP contribution in [-0.4, -0.2) is 31.2 Å². The van der Waals surface area contributed by atoms with Gasteiger partial charge in [-0.15, -0.1) is 11.3 Å². The van der Waals surface area contributed by atoms with Gasteiger partial charge in [0.05, 0.1) is 25.1 Å². The minimum absolute atomic E-state index is 0.401. The van der Waals surface area contributed by atoms with E-state index in [1.165, 1.54) is 0 Å². The molecule has 0 atom stereocenters. The quantitative estimate of drug-likeness (QED) is 0.431. The number of hydrogen-bond acceptors (Lipinski definition) is 6. The lowest BCUT2D eigenvalue weighted by Crippen LogP contribution is -2.30. The molecule has 8 heteroatoms. The zero-order chi connectivity index (χ0) is 19.8. The van der Waals surface area contributed by atoms with Crippen molar-refractivity contribution in [3.63, 3.8) is 0 Å². The summed E-state index contributed by atoms with van der Waals surface area (Å²) in [5.41, 5.74) is 1.62. The molecule has 0 aliphatic carbocycles. The molecule has 0 spiro atoms. The predicted molar refractivity (Wildman–Crippen MR) is 112 cm³/mol. The lowest BCUT2D eigenvalue weighted by molar-refractivity contribution is 0.311. The van der Waals surface area contributed by atoms with E-state index in [1.807, 2.05) is 49.6 Å². The van der Waals surface area contributed by atoms with Gasteiger partial charge in [-0.25, -0.2) is 9.98 Å². The molecule has 0 aliphatic rings. The molecular formula is C20H24N4O3S. The highest BCUT2D eigenvalue weighted by atomic mass is 32.1. The highest BCUT2D eigenvalue weighted by Gasteiger charge is 2.09. The highest BCUT2D eigenvalue weighted by Crippen LogP contribution is 2.30. The number of nitrogens with one attached hydrogen (secondary N) is 2. The average molecular weight is 401 g/mol. The first kappa shape index (κ1) is 19.8. The number of anilines is 1. The van der Waals surface area contributed by atoms with Gasteiger partial charge >= 0.3 is 0 Å². The molecule has 2 aromatic heterocycles. The average Bonchev–Trinajstić information content (AvgIpc) is 3.39. The summed E-state index contributed by atoms with van der Waals surface area (Å²) in [4.78, 5) is 10.1. The number of thiophene rings is 1. The Morgan fingerprint density at radius 2 is 2.14 bits per heavy atom. The maximum absolute atomic E-state index is 5.56. The van der Waals surface area contributed by atoms with Gasteiger partial charge in [-0.2, -0.15) is 0 Å². The molecule has 0 radical (unpaired) electrons. The second kappa shape index (κ2) is 9.80. The molecule has 28 heavy (non-hydrogen) atoms. The standard InChI is InChI=1S/C20H24N4O3S/c1-4-21-20(24-14-8-9-16(26-5-2)17(11-14)25-3)22-12-15-13-27-19(23-15)18-7-6-10-28-18/h6-11,13H,4-5,12H2,1-3H3,(H2,21,22,24). The molecule has 0 aliphatic heterocycles. The first-order valence-electron chi connectivity index (χ1n) is 9.08. The largest absolute Gasteiger partial charge is 0.493 e. The number of methoxy groups -OCH3 is 1. The van der Waals surface area contributed by atoms with Gasteiger partial charge in [-0.3, -0.25) is 0 Å². The van der Waals surface area contributed by atoms with E-state index in [0.29, 0.717) is 36.5 Å². The smallest absolute Gasteiger partial charge is 0.236 e. The van der Waals surface area contributed by atoms with Crippen molar-refractivity contribution in [2.24, 2.45) is 4.99 Å². The van der Waals surface area contributed by atoms with Crippen molar-refractivity contribution in [1.29, 1.82) is 0 Å². The van der Waals surface area contributed by atoms with E-state index < -0.39 is 0 Å². The van der Waals surface area contributed by atoms with Gasteiger partial charge in [-0.1, -0.05) is 6.07 Å². The van der Waals surface area contributed by atoms with E-state index >= 15 is 0 Å². The van der Waals surface area contributed by atoms with E-state index in [0.717, 1.165) is 22.8 Å². The monoisotopic (exact) mass is 400 g/mol. The third kappa shape index (κ3) is 5.04. The van der Waals surface area contributed by atoms with Crippen molar-refractivity contribution in [3.8, 4) is 22.3 Å². The fraction of sp³-hybridized carbons (Fsp3) is 0.300. The van der Waals surface area contributed by atoms with Gasteiger partial charge in [0.25, 0.3) is 0 Å². The van der Waals surface area contributed by atoms with Gasteiger partial charge in [0.15, 0.2) is 17.5 Å². The predicted octanol–water partition coefficient (Wildman–Crippen LogP) is 4.39. The molecule has 0 amide bonds. The number of oxazole rings is 1. The van der Waals surface area contributed by atoms with Gasteiger partial charge in [-0.05, 0) is 37.4 Å². The van der Waals surface area contributed by atoms with Crippen LogP contribution in [0.5, 0.6) is 11.5 Å². The van der Waals surface area contributed by atoms with Crippen LogP contribution in [0.4, 0.5) is 5.69 Å². The molecular weight excluding hydrogens is 376 g/mol. The molecule has 2 N–H and O–H groups in total. The fourth-order valence-corrected chi connectivity index (χ4v) is 3.17. The maximum Gasteiger partial charge on any atom is 0.236 e. The van der Waals surface area contributed by atoms with Crippen LogP contribution >= 0.6 is 11.3 Å². The summed E-state index contributed by atoms with van der Waals surface area (Å²) >= 11 is 1.59. The Morgan fingerprint density at radius 1 is 1.25 bits per heavy atom. The van der Waals surface area contributed by atoms with Gasteiger partial charge in [0.1, 0.15) is 12.0 Å². The summed E-state index contributed by atoms with van der Waals surface area (Å²) in [6.45, 7) is 5.67. The number of aliphatic imine (C=N–C) groups is 1. The lowest BCUT2D eigenvalue weighted by atomic mass is 10.2. The molecule has 0 saturated heterocycles. The minimum Gasteiger partial charge on any atom is -0.493 e. The Kier molecular flexibility index (Phi) is 6.91. The Labute approximate surface area is 168 Å².